The molecule has 0 aliphatic carbocycles. The highest BCUT2D eigenvalue weighted by molar-refractivity contribution is 5.59. The van der Waals surface area contributed by atoms with Crippen molar-refractivity contribution >= 4 is 5.69 Å². The van der Waals surface area contributed by atoms with Crippen LogP contribution in [0.15, 0.2) is 24.5 Å². The van der Waals surface area contributed by atoms with E-state index in [0.717, 1.165) is 17.1 Å². The molecule has 1 aromatic carbocycles. The van der Waals surface area contributed by atoms with E-state index in [-0.39, 0.29) is 6.04 Å². The van der Waals surface area contributed by atoms with Gasteiger partial charge in [-0.25, -0.2) is 0 Å². The normalized spacial score (nSPS) is 11.9. The fourth-order valence-corrected chi connectivity index (χ4v) is 1.86. The maximum absolute atomic E-state index is 9.08. The van der Waals surface area contributed by atoms with Crippen LogP contribution in [0.5, 0.6) is 0 Å². The second-order valence-electron chi connectivity index (χ2n) is 4.33. The zero-order valence-corrected chi connectivity index (χ0v) is 10.7. The molecule has 2 rings (SSSR count). The number of nitriles is 1. The first-order valence-electron chi connectivity index (χ1n) is 5.73. The summed E-state index contributed by atoms with van der Waals surface area (Å²) in [5.74, 6) is 0.834. The molecule has 18 heavy (non-hydrogen) atoms. The first kappa shape index (κ1) is 12.1. The van der Waals surface area contributed by atoms with Gasteiger partial charge in [0, 0.05) is 7.05 Å². The number of hydrogen-bond donors (Lipinski definition) is 1. The van der Waals surface area contributed by atoms with Crippen molar-refractivity contribution in [3.63, 3.8) is 0 Å². The first-order chi connectivity index (χ1) is 8.61. The summed E-state index contributed by atoms with van der Waals surface area (Å²) in [5, 5.41) is 20.3. The van der Waals surface area contributed by atoms with Gasteiger partial charge in [0.1, 0.15) is 12.4 Å². The van der Waals surface area contributed by atoms with Crippen molar-refractivity contribution < 1.29 is 0 Å². The van der Waals surface area contributed by atoms with E-state index in [1.54, 1.807) is 6.33 Å². The topological polar surface area (TPSA) is 66.5 Å². The van der Waals surface area contributed by atoms with Gasteiger partial charge in [-0.2, -0.15) is 5.26 Å². The van der Waals surface area contributed by atoms with Gasteiger partial charge in [-0.05, 0) is 31.5 Å². The fourth-order valence-electron chi connectivity index (χ4n) is 1.86. The second kappa shape index (κ2) is 4.88. The van der Waals surface area contributed by atoms with E-state index in [2.05, 4.69) is 21.6 Å². The molecule has 5 heteroatoms. The summed E-state index contributed by atoms with van der Waals surface area (Å²) in [7, 11) is 1.90. The summed E-state index contributed by atoms with van der Waals surface area (Å²) in [5.41, 5.74) is 2.57. The second-order valence-corrected chi connectivity index (χ2v) is 4.33. The smallest absolute Gasteiger partial charge is 0.154 e. The van der Waals surface area contributed by atoms with Crippen molar-refractivity contribution in [1.29, 1.82) is 5.26 Å². The molecule has 92 valence electrons. The van der Waals surface area contributed by atoms with Crippen molar-refractivity contribution in [2.45, 2.75) is 19.9 Å². The minimum atomic E-state index is -0.00796. The molecule has 0 aliphatic heterocycles. The molecule has 0 radical (unpaired) electrons. The van der Waals surface area contributed by atoms with Gasteiger partial charge in [-0.15, -0.1) is 10.2 Å². The molecule has 0 saturated carbocycles. The van der Waals surface area contributed by atoms with E-state index < -0.39 is 0 Å². The number of nitrogens with one attached hydrogen (secondary N) is 1. The summed E-state index contributed by atoms with van der Waals surface area (Å²) in [4.78, 5) is 0. The highest BCUT2D eigenvalue weighted by atomic mass is 15.3. The minimum Gasteiger partial charge on any atom is -0.374 e. The van der Waals surface area contributed by atoms with E-state index in [9.17, 15) is 0 Å². The Morgan fingerprint density at radius 1 is 1.44 bits per heavy atom. The Hall–Kier alpha value is -2.35. The molecule has 0 amide bonds. The van der Waals surface area contributed by atoms with E-state index in [1.807, 2.05) is 43.7 Å². The van der Waals surface area contributed by atoms with E-state index >= 15 is 0 Å². The molecular weight excluding hydrogens is 226 g/mol. The number of nitrogens with zero attached hydrogens (tertiary/aromatic N) is 4. The van der Waals surface area contributed by atoms with Gasteiger partial charge in [0.2, 0.25) is 0 Å². The zero-order chi connectivity index (χ0) is 13.1. The lowest BCUT2D eigenvalue weighted by Gasteiger charge is -2.15. The van der Waals surface area contributed by atoms with Crippen molar-refractivity contribution in [3.05, 3.63) is 41.5 Å². The Labute approximate surface area is 106 Å². The van der Waals surface area contributed by atoms with E-state index in [1.165, 1.54) is 0 Å². The predicted octanol–water partition coefficient (Wildman–Crippen LogP) is 2.17. The van der Waals surface area contributed by atoms with Gasteiger partial charge in [-0.3, -0.25) is 0 Å². The van der Waals surface area contributed by atoms with Crippen LogP contribution in [-0.2, 0) is 7.05 Å². The molecule has 0 bridgehead atoms. The number of benzene rings is 1. The number of aromatic nitrogens is 3. The SMILES string of the molecule is Cc1ccc(C#N)c(NC(C)c2nncn2C)c1. The van der Waals surface area contributed by atoms with Crippen LogP contribution in [0.25, 0.3) is 0 Å². The highest BCUT2D eigenvalue weighted by Crippen LogP contribution is 2.22. The molecule has 1 heterocycles. The molecule has 1 unspecified atom stereocenters. The van der Waals surface area contributed by atoms with Crippen LogP contribution >= 0.6 is 0 Å². The van der Waals surface area contributed by atoms with Crippen LogP contribution in [0.4, 0.5) is 5.69 Å². The van der Waals surface area contributed by atoms with Crippen LogP contribution in [-0.4, -0.2) is 14.8 Å². The summed E-state index contributed by atoms with van der Waals surface area (Å²) in [6.45, 7) is 3.99. The molecule has 2 aromatic rings. The maximum atomic E-state index is 9.08. The number of rotatable bonds is 3. The average molecular weight is 241 g/mol. The molecule has 0 aliphatic rings. The first-order valence-corrected chi connectivity index (χ1v) is 5.73. The molecule has 0 spiro atoms. The van der Waals surface area contributed by atoms with Gasteiger partial charge in [0.05, 0.1) is 17.3 Å². The summed E-state index contributed by atoms with van der Waals surface area (Å²) in [6.07, 6.45) is 1.66. The van der Waals surface area contributed by atoms with Crippen LogP contribution in [0.2, 0.25) is 0 Å². The Morgan fingerprint density at radius 3 is 2.83 bits per heavy atom. The van der Waals surface area contributed by atoms with Gasteiger partial charge in [-0.1, -0.05) is 6.07 Å². The lowest BCUT2D eigenvalue weighted by atomic mass is 10.1. The summed E-state index contributed by atoms with van der Waals surface area (Å²) >= 11 is 0. The number of aryl methyl sites for hydroxylation is 2. The molecular formula is C13H15N5. The third-order valence-corrected chi connectivity index (χ3v) is 2.80. The Bertz CT molecular complexity index is 594. The highest BCUT2D eigenvalue weighted by Gasteiger charge is 2.12. The monoisotopic (exact) mass is 241 g/mol. The lowest BCUT2D eigenvalue weighted by Crippen LogP contribution is -2.12. The third kappa shape index (κ3) is 2.33. The van der Waals surface area contributed by atoms with E-state index in [4.69, 9.17) is 5.26 Å². The summed E-state index contributed by atoms with van der Waals surface area (Å²) < 4.78 is 1.86. The van der Waals surface area contributed by atoms with Gasteiger partial charge >= 0.3 is 0 Å². The Morgan fingerprint density at radius 2 is 2.22 bits per heavy atom. The molecule has 1 N–H and O–H groups in total. The predicted molar refractivity (Wildman–Crippen MR) is 68.9 cm³/mol. The maximum Gasteiger partial charge on any atom is 0.154 e. The van der Waals surface area contributed by atoms with Crippen molar-refractivity contribution in [2.75, 3.05) is 5.32 Å². The lowest BCUT2D eigenvalue weighted by molar-refractivity contribution is 0.719. The van der Waals surface area contributed by atoms with Crippen molar-refractivity contribution in [1.82, 2.24) is 14.8 Å². The number of anilines is 1. The van der Waals surface area contributed by atoms with Gasteiger partial charge in [0.25, 0.3) is 0 Å². The standard InChI is InChI=1S/C13H15N5/c1-9-4-5-11(7-14)12(6-9)16-10(2)13-17-15-8-18(13)3/h4-6,8,10,16H,1-3H3. The molecule has 0 saturated heterocycles. The molecule has 1 aromatic heterocycles. The minimum absolute atomic E-state index is 0.00796. The number of hydrogen-bond acceptors (Lipinski definition) is 4. The Balaban J connectivity index is 2.27. The van der Waals surface area contributed by atoms with Gasteiger partial charge < -0.3 is 9.88 Å². The molecule has 1 atom stereocenters. The van der Waals surface area contributed by atoms with Crippen molar-refractivity contribution in [3.8, 4) is 6.07 Å². The van der Waals surface area contributed by atoms with Crippen LogP contribution in [0.3, 0.4) is 0 Å². The van der Waals surface area contributed by atoms with Crippen LogP contribution in [0, 0.1) is 18.3 Å². The van der Waals surface area contributed by atoms with Gasteiger partial charge in [0.15, 0.2) is 5.82 Å². The molecule has 0 fully saturated rings. The zero-order valence-electron chi connectivity index (χ0n) is 10.7. The van der Waals surface area contributed by atoms with Crippen LogP contribution in [0.1, 0.15) is 29.9 Å². The molecule has 5 nitrogen and oxygen atoms in total. The quantitative estimate of drug-likeness (QED) is 0.894. The third-order valence-electron chi connectivity index (χ3n) is 2.80. The van der Waals surface area contributed by atoms with Crippen molar-refractivity contribution in [2.24, 2.45) is 7.05 Å². The Kier molecular flexibility index (Phi) is 3.28. The van der Waals surface area contributed by atoms with Crippen LogP contribution < -0.4 is 5.32 Å². The average Bonchev–Trinajstić information content (AvgIpc) is 2.76. The summed E-state index contributed by atoms with van der Waals surface area (Å²) in [6, 6.07) is 7.89. The van der Waals surface area contributed by atoms with E-state index in [0.29, 0.717) is 5.56 Å². The largest absolute Gasteiger partial charge is 0.374 e. The fraction of sp³-hybridized carbons (Fsp3) is 0.308.